The van der Waals surface area contributed by atoms with Gasteiger partial charge in [0.2, 0.25) is 0 Å². The number of hydrogen-bond donors (Lipinski definition) is 1. The Balaban J connectivity index is 1.51. The number of benzene rings is 3. The van der Waals surface area contributed by atoms with E-state index in [-0.39, 0.29) is 25.4 Å². The summed E-state index contributed by atoms with van der Waals surface area (Å²) in [5.74, 6) is 0.239. The van der Waals surface area contributed by atoms with Gasteiger partial charge in [-0.3, -0.25) is 0 Å². The zero-order chi connectivity index (χ0) is 27.2. The SMILES string of the molecule is CCOC(Cc1ccc(OCCN(CCCOc2ccc(F)cc2)C(=O)Oc2ccccc2)cc1)C(=O)O. The van der Waals surface area contributed by atoms with Gasteiger partial charge >= 0.3 is 12.1 Å². The van der Waals surface area contributed by atoms with Crippen LogP contribution >= 0.6 is 0 Å². The third-order valence-corrected chi connectivity index (χ3v) is 5.48. The lowest BCUT2D eigenvalue weighted by Gasteiger charge is -2.22. The molecule has 0 fully saturated rings. The first-order chi connectivity index (χ1) is 18.4. The Morgan fingerprint density at radius 2 is 1.47 bits per heavy atom. The van der Waals surface area contributed by atoms with Crippen LogP contribution in [0, 0.1) is 5.82 Å². The molecule has 1 unspecified atom stereocenters. The fourth-order valence-electron chi connectivity index (χ4n) is 3.55. The number of carbonyl (C=O) groups is 2. The van der Waals surface area contributed by atoms with Crippen LogP contribution in [0.2, 0.25) is 0 Å². The minimum atomic E-state index is -1.00. The second-order valence-corrected chi connectivity index (χ2v) is 8.30. The van der Waals surface area contributed by atoms with Crippen molar-refractivity contribution in [1.82, 2.24) is 4.90 Å². The Kier molecular flexibility index (Phi) is 11.4. The minimum Gasteiger partial charge on any atom is -0.494 e. The molecule has 0 radical (unpaired) electrons. The number of nitrogens with zero attached hydrogens (tertiary/aromatic N) is 1. The Morgan fingerprint density at radius 3 is 2.11 bits per heavy atom. The molecule has 0 aliphatic rings. The molecule has 202 valence electrons. The first-order valence-corrected chi connectivity index (χ1v) is 12.4. The minimum absolute atomic E-state index is 0.221. The number of carbonyl (C=O) groups excluding carboxylic acids is 1. The fourth-order valence-corrected chi connectivity index (χ4v) is 3.55. The maximum absolute atomic E-state index is 13.1. The van der Waals surface area contributed by atoms with Crippen molar-refractivity contribution in [3.05, 3.63) is 90.2 Å². The number of para-hydroxylation sites is 1. The van der Waals surface area contributed by atoms with Crippen LogP contribution in [0.25, 0.3) is 0 Å². The molecule has 0 saturated heterocycles. The summed E-state index contributed by atoms with van der Waals surface area (Å²) in [6.07, 6.45) is -0.626. The Labute approximate surface area is 221 Å². The summed E-state index contributed by atoms with van der Waals surface area (Å²) < 4.78 is 35.3. The molecule has 1 amide bonds. The molecule has 0 aliphatic heterocycles. The van der Waals surface area contributed by atoms with Crippen LogP contribution in [0.5, 0.6) is 17.2 Å². The molecule has 8 nitrogen and oxygen atoms in total. The van der Waals surface area contributed by atoms with E-state index in [9.17, 15) is 19.1 Å². The van der Waals surface area contributed by atoms with Gasteiger partial charge in [0.15, 0.2) is 6.10 Å². The molecule has 0 spiro atoms. The van der Waals surface area contributed by atoms with Gasteiger partial charge in [-0.15, -0.1) is 0 Å². The first-order valence-electron chi connectivity index (χ1n) is 12.4. The molecule has 0 bridgehead atoms. The molecule has 3 aromatic rings. The van der Waals surface area contributed by atoms with E-state index in [0.717, 1.165) is 5.56 Å². The van der Waals surface area contributed by atoms with Crippen molar-refractivity contribution in [3.63, 3.8) is 0 Å². The molecule has 0 aliphatic carbocycles. The van der Waals surface area contributed by atoms with Gasteiger partial charge in [-0.05, 0) is 67.4 Å². The smallest absolute Gasteiger partial charge is 0.415 e. The Hall–Kier alpha value is -4.11. The second-order valence-electron chi connectivity index (χ2n) is 8.30. The van der Waals surface area contributed by atoms with Gasteiger partial charge in [-0.2, -0.15) is 0 Å². The van der Waals surface area contributed by atoms with E-state index in [2.05, 4.69) is 0 Å². The topological polar surface area (TPSA) is 94.5 Å². The molecule has 0 saturated carbocycles. The predicted molar refractivity (Wildman–Crippen MR) is 139 cm³/mol. The summed E-state index contributed by atoms with van der Waals surface area (Å²) >= 11 is 0. The van der Waals surface area contributed by atoms with Gasteiger partial charge in [0.25, 0.3) is 0 Å². The normalized spacial score (nSPS) is 11.4. The second kappa shape index (κ2) is 15.2. The van der Waals surface area contributed by atoms with Crippen molar-refractivity contribution in [2.75, 3.05) is 32.9 Å². The van der Waals surface area contributed by atoms with Gasteiger partial charge in [0, 0.05) is 19.6 Å². The van der Waals surface area contributed by atoms with Crippen LogP contribution in [0.3, 0.4) is 0 Å². The van der Waals surface area contributed by atoms with Crippen LogP contribution in [0.4, 0.5) is 9.18 Å². The van der Waals surface area contributed by atoms with Crippen molar-refractivity contribution in [3.8, 4) is 17.2 Å². The third kappa shape index (κ3) is 9.74. The molecule has 1 atom stereocenters. The van der Waals surface area contributed by atoms with Gasteiger partial charge in [0.05, 0.1) is 13.2 Å². The summed E-state index contributed by atoms with van der Waals surface area (Å²) in [4.78, 5) is 25.7. The van der Waals surface area contributed by atoms with E-state index in [4.69, 9.17) is 18.9 Å². The largest absolute Gasteiger partial charge is 0.494 e. The van der Waals surface area contributed by atoms with Crippen molar-refractivity contribution in [1.29, 1.82) is 0 Å². The molecule has 1 N–H and O–H groups in total. The highest BCUT2D eigenvalue weighted by Crippen LogP contribution is 2.16. The van der Waals surface area contributed by atoms with Crippen molar-refractivity contribution in [2.45, 2.75) is 25.9 Å². The van der Waals surface area contributed by atoms with Crippen LogP contribution in [0.15, 0.2) is 78.9 Å². The van der Waals surface area contributed by atoms with Gasteiger partial charge in [0.1, 0.15) is 29.7 Å². The fraction of sp³-hybridized carbons (Fsp3) is 0.310. The molecule has 3 rings (SSSR count). The monoisotopic (exact) mass is 525 g/mol. The number of amides is 1. The molecule has 0 aromatic heterocycles. The Bertz CT molecular complexity index is 1120. The average molecular weight is 526 g/mol. The predicted octanol–water partition coefficient (Wildman–Crippen LogP) is 5.21. The molecular formula is C29H32FNO7. The number of carboxylic acid groups (broad SMARTS) is 1. The molecule has 9 heteroatoms. The van der Waals surface area contributed by atoms with Crippen LogP contribution in [-0.4, -0.2) is 61.1 Å². The standard InChI is InChI=1S/C29H32FNO7/c1-2-35-27(28(32)33)21-22-9-13-24(14-10-22)37-20-18-31(29(34)38-26-7-4-3-5-8-26)17-6-19-36-25-15-11-23(30)12-16-25/h3-5,7-16,27H,2,6,17-21H2,1H3,(H,32,33). The number of rotatable bonds is 15. The lowest BCUT2D eigenvalue weighted by Crippen LogP contribution is -2.38. The van der Waals surface area contributed by atoms with E-state index in [1.807, 2.05) is 6.07 Å². The molecular weight excluding hydrogens is 493 g/mol. The summed E-state index contributed by atoms with van der Waals surface area (Å²) in [7, 11) is 0. The van der Waals surface area contributed by atoms with E-state index in [0.29, 0.717) is 43.4 Å². The molecule has 0 heterocycles. The van der Waals surface area contributed by atoms with Gasteiger partial charge in [-0.25, -0.2) is 14.0 Å². The first kappa shape index (κ1) is 28.5. The number of carboxylic acids is 1. The highest BCUT2D eigenvalue weighted by atomic mass is 19.1. The number of aliphatic carboxylic acids is 1. The highest BCUT2D eigenvalue weighted by Gasteiger charge is 2.18. The maximum atomic E-state index is 13.1. The van der Waals surface area contributed by atoms with E-state index < -0.39 is 18.2 Å². The zero-order valence-corrected chi connectivity index (χ0v) is 21.3. The third-order valence-electron chi connectivity index (χ3n) is 5.48. The van der Waals surface area contributed by atoms with Crippen molar-refractivity contribution in [2.24, 2.45) is 0 Å². The van der Waals surface area contributed by atoms with Gasteiger partial charge in [-0.1, -0.05) is 30.3 Å². The van der Waals surface area contributed by atoms with Crippen LogP contribution in [0.1, 0.15) is 18.9 Å². The lowest BCUT2D eigenvalue weighted by atomic mass is 10.1. The number of ether oxygens (including phenoxy) is 4. The highest BCUT2D eigenvalue weighted by molar-refractivity contribution is 5.72. The summed E-state index contributed by atoms with van der Waals surface area (Å²) in [5, 5.41) is 9.26. The number of hydrogen-bond acceptors (Lipinski definition) is 6. The summed E-state index contributed by atoms with van der Waals surface area (Å²) in [5.41, 5.74) is 0.812. The van der Waals surface area contributed by atoms with E-state index >= 15 is 0 Å². The van der Waals surface area contributed by atoms with Gasteiger partial charge < -0.3 is 29.0 Å². The average Bonchev–Trinajstić information content (AvgIpc) is 2.92. The molecule has 3 aromatic carbocycles. The lowest BCUT2D eigenvalue weighted by molar-refractivity contribution is -0.149. The molecule has 38 heavy (non-hydrogen) atoms. The van der Waals surface area contributed by atoms with E-state index in [1.165, 1.54) is 17.0 Å². The summed E-state index contributed by atoms with van der Waals surface area (Å²) in [6.45, 7) is 3.27. The van der Waals surface area contributed by atoms with Crippen LogP contribution in [-0.2, 0) is 16.0 Å². The Morgan fingerprint density at radius 1 is 0.842 bits per heavy atom. The zero-order valence-electron chi connectivity index (χ0n) is 21.3. The van der Waals surface area contributed by atoms with Crippen molar-refractivity contribution < 1.29 is 38.0 Å². The quantitative estimate of drug-likeness (QED) is 0.272. The summed E-state index contributed by atoms with van der Waals surface area (Å²) in [6, 6.07) is 21.6. The van der Waals surface area contributed by atoms with Crippen molar-refractivity contribution >= 4 is 12.1 Å². The van der Waals surface area contributed by atoms with E-state index in [1.54, 1.807) is 67.6 Å². The number of halogens is 1. The maximum Gasteiger partial charge on any atom is 0.415 e. The van der Waals surface area contributed by atoms with Crippen LogP contribution < -0.4 is 14.2 Å².